The molecule has 100 valence electrons. The van der Waals surface area contributed by atoms with Crippen molar-refractivity contribution in [3.8, 4) is 0 Å². The minimum atomic E-state index is -0.877. The number of para-hydroxylation sites is 1. The lowest BCUT2D eigenvalue weighted by molar-refractivity contribution is -0.119. The van der Waals surface area contributed by atoms with Crippen LogP contribution >= 0.6 is 0 Å². The molecule has 0 spiro atoms. The van der Waals surface area contributed by atoms with Gasteiger partial charge in [-0.15, -0.1) is 0 Å². The van der Waals surface area contributed by atoms with Gasteiger partial charge in [-0.2, -0.15) is 0 Å². The van der Waals surface area contributed by atoms with Gasteiger partial charge in [0.1, 0.15) is 0 Å². The molecule has 0 bridgehead atoms. The summed E-state index contributed by atoms with van der Waals surface area (Å²) in [6.45, 7) is 0.0447. The first-order valence-electron chi connectivity index (χ1n) is 5.77. The number of carbonyl (C=O) groups excluding carboxylic acids is 1. The molecule has 0 aliphatic rings. The van der Waals surface area contributed by atoms with E-state index in [1.54, 1.807) is 24.3 Å². The molecule has 0 saturated heterocycles. The van der Waals surface area contributed by atoms with Gasteiger partial charge in [0.05, 0.1) is 16.9 Å². The number of benzene rings is 1. The van der Waals surface area contributed by atoms with Crippen LogP contribution in [0.4, 0.5) is 0 Å². The number of H-pyrrole nitrogens is 1. The zero-order valence-corrected chi connectivity index (χ0v) is 10.1. The second-order valence-electron chi connectivity index (χ2n) is 4.23. The summed E-state index contributed by atoms with van der Waals surface area (Å²) in [5.41, 5.74) is 10.1. The fourth-order valence-electron chi connectivity index (χ4n) is 1.81. The average molecular weight is 262 g/mol. The first kappa shape index (κ1) is 13.0. The molecule has 0 unspecified atom stereocenters. The van der Waals surface area contributed by atoms with E-state index < -0.39 is 23.2 Å². The minimum Gasteiger partial charge on any atom is -0.368 e. The third-order valence-corrected chi connectivity index (χ3v) is 2.92. The summed E-state index contributed by atoms with van der Waals surface area (Å²) in [5, 5.41) is 0.412. The number of aromatic nitrogens is 2. The van der Waals surface area contributed by atoms with Gasteiger partial charge >= 0.3 is 5.69 Å². The number of aromatic amines is 1. The molecule has 0 aliphatic carbocycles. The lowest BCUT2D eigenvalue weighted by atomic mass is 10.2. The van der Waals surface area contributed by atoms with E-state index in [0.29, 0.717) is 10.9 Å². The number of hydrogen-bond donors (Lipinski definition) is 3. The Balaban J connectivity index is 2.41. The fraction of sp³-hybridized carbons (Fsp3) is 0.250. The van der Waals surface area contributed by atoms with Crippen LogP contribution < -0.4 is 22.7 Å². The largest absolute Gasteiger partial charge is 0.368 e. The summed E-state index contributed by atoms with van der Waals surface area (Å²) < 4.78 is 1.02. The van der Waals surface area contributed by atoms with Crippen LogP contribution in [-0.4, -0.2) is 21.5 Å². The second kappa shape index (κ2) is 5.07. The Morgan fingerprint density at radius 1 is 1.32 bits per heavy atom. The maximum absolute atomic E-state index is 12.1. The van der Waals surface area contributed by atoms with E-state index >= 15 is 0 Å². The lowest BCUT2D eigenvalue weighted by Gasteiger charge is -2.09. The van der Waals surface area contributed by atoms with Crippen molar-refractivity contribution >= 4 is 16.8 Å². The molecular formula is C12H14N4O3. The van der Waals surface area contributed by atoms with Gasteiger partial charge in [-0.25, -0.2) is 4.79 Å². The average Bonchev–Trinajstić information content (AvgIpc) is 2.38. The Morgan fingerprint density at radius 3 is 2.68 bits per heavy atom. The molecule has 0 radical (unpaired) electrons. The molecule has 7 heteroatoms. The number of nitrogens with zero attached hydrogens (tertiary/aromatic N) is 1. The van der Waals surface area contributed by atoms with Crippen LogP contribution in [0.25, 0.3) is 10.9 Å². The summed E-state index contributed by atoms with van der Waals surface area (Å²) in [6.07, 6.45) is 0.136. The van der Waals surface area contributed by atoms with Crippen molar-refractivity contribution < 1.29 is 4.79 Å². The molecule has 1 atom stereocenters. The molecule has 5 N–H and O–H groups in total. The molecule has 2 rings (SSSR count). The van der Waals surface area contributed by atoms with Crippen LogP contribution in [0, 0.1) is 0 Å². The van der Waals surface area contributed by atoms with Gasteiger partial charge in [0, 0.05) is 6.54 Å². The van der Waals surface area contributed by atoms with Crippen LogP contribution in [0.5, 0.6) is 0 Å². The number of rotatable bonds is 4. The minimum absolute atomic E-state index is 0.0447. The summed E-state index contributed by atoms with van der Waals surface area (Å²) in [5.74, 6) is -0.662. The highest BCUT2D eigenvalue weighted by molar-refractivity contribution is 5.79. The molecule has 2 aromatic rings. The first-order valence-corrected chi connectivity index (χ1v) is 5.77. The standard InChI is InChI=1S/C12H14N4O3/c13-8(10(14)17)5-6-16-11(18)7-3-1-2-4-9(7)15-12(16)19/h1-4,8H,5-6,13H2,(H2,14,17)(H,15,19)/t8-/m1/s1. The molecule has 1 aromatic heterocycles. The molecule has 0 aliphatic heterocycles. The van der Waals surface area contributed by atoms with E-state index in [1.165, 1.54) is 0 Å². The van der Waals surface area contributed by atoms with Crippen LogP contribution in [0.2, 0.25) is 0 Å². The van der Waals surface area contributed by atoms with Crippen molar-refractivity contribution in [3.05, 3.63) is 45.1 Å². The van der Waals surface area contributed by atoms with Crippen LogP contribution in [0.1, 0.15) is 6.42 Å². The third-order valence-electron chi connectivity index (χ3n) is 2.92. The Hall–Kier alpha value is -2.41. The highest BCUT2D eigenvalue weighted by Crippen LogP contribution is 2.03. The number of nitrogens with one attached hydrogen (secondary N) is 1. The third kappa shape index (κ3) is 2.55. The van der Waals surface area contributed by atoms with Crippen molar-refractivity contribution in [3.63, 3.8) is 0 Å². The Morgan fingerprint density at radius 2 is 2.00 bits per heavy atom. The number of amides is 1. The molecule has 19 heavy (non-hydrogen) atoms. The number of nitrogens with two attached hydrogens (primary N) is 2. The van der Waals surface area contributed by atoms with Gasteiger partial charge in [0.15, 0.2) is 0 Å². The molecule has 7 nitrogen and oxygen atoms in total. The quantitative estimate of drug-likeness (QED) is 0.646. The molecule has 0 saturated carbocycles. The maximum atomic E-state index is 12.1. The van der Waals surface area contributed by atoms with Gasteiger partial charge in [-0.1, -0.05) is 12.1 Å². The van der Waals surface area contributed by atoms with Crippen LogP contribution in [-0.2, 0) is 11.3 Å². The van der Waals surface area contributed by atoms with E-state index in [-0.39, 0.29) is 13.0 Å². The smallest absolute Gasteiger partial charge is 0.328 e. The van der Waals surface area contributed by atoms with Crippen molar-refractivity contribution in [2.24, 2.45) is 11.5 Å². The van der Waals surface area contributed by atoms with Crippen molar-refractivity contribution in [1.29, 1.82) is 0 Å². The zero-order valence-electron chi connectivity index (χ0n) is 10.1. The Kier molecular flexibility index (Phi) is 3.48. The number of fused-ring (bicyclic) bond motifs is 1. The van der Waals surface area contributed by atoms with Gasteiger partial charge in [-0.3, -0.25) is 14.2 Å². The van der Waals surface area contributed by atoms with E-state index in [9.17, 15) is 14.4 Å². The van der Waals surface area contributed by atoms with E-state index in [1.807, 2.05) is 0 Å². The van der Waals surface area contributed by atoms with E-state index in [4.69, 9.17) is 11.5 Å². The highest BCUT2D eigenvalue weighted by atomic mass is 16.2. The predicted octanol–water partition coefficient (Wildman–Crippen LogP) is -1.11. The number of carbonyl (C=O) groups is 1. The van der Waals surface area contributed by atoms with Gasteiger partial charge < -0.3 is 16.5 Å². The molecule has 1 amide bonds. The normalized spacial score (nSPS) is 12.5. The summed E-state index contributed by atoms with van der Waals surface area (Å²) in [4.78, 5) is 37.3. The predicted molar refractivity (Wildman–Crippen MR) is 70.6 cm³/mol. The second-order valence-corrected chi connectivity index (χ2v) is 4.23. The lowest BCUT2D eigenvalue weighted by Crippen LogP contribution is -2.41. The van der Waals surface area contributed by atoms with E-state index in [0.717, 1.165) is 4.57 Å². The fourth-order valence-corrected chi connectivity index (χ4v) is 1.81. The molecule has 0 fully saturated rings. The summed E-state index contributed by atoms with van der Waals surface area (Å²) in [6, 6.07) is 5.83. The highest BCUT2D eigenvalue weighted by Gasteiger charge is 2.12. The van der Waals surface area contributed by atoms with Gasteiger partial charge in [-0.05, 0) is 18.6 Å². The topological polar surface area (TPSA) is 124 Å². The number of hydrogen-bond acceptors (Lipinski definition) is 4. The monoisotopic (exact) mass is 262 g/mol. The van der Waals surface area contributed by atoms with Crippen molar-refractivity contribution in [2.75, 3.05) is 0 Å². The molecule has 1 heterocycles. The first-order chi connectivity index (χ1) is 9.00. The van der Waals surface area contributed by atoms with Gasteiger partial charge in [0.2, 0.25) is 5.91 Å². The van der Waals surface area contributed by atoms with Crippen molar-refractivity contribution in [2.45, 2.75) is 19.0 Å². The van der Waals surface area contributed by atoms with Crippen LogP contribution in [0.3, 0.4) is 0 Å². The van der Waals surface area contributed by atoms with Crippen LogP contribution in [0.15, 0.2) is 33.9 Å². The SMILES string of the molecule is NC(=O)[C@H](N)CCn1c(=O)[nH]c2ccccc2c1=O. The van der Waals surface area contributed by atoms with Crippen molar-refractivity contribution in [1.82, 2.24) is 9.55 Å². The summed E-state index contributed by atoms with van der Waals surface area (Å²) >= 11 is 0. The van der Waals surface area contributed by atoms with Gasteiger partial charge in [0.25, 0.3) is 5.56 Å². The molecular weight excluding hydrogens is 248 g/mol. The summed E-state index contributed by atoms with van der Waals surface area (Å²) in [7, 11) is 0. The van der Waals surface area contributed by atoms with E-state index in [2.05, 4.69) is 4.98 Å². The molecule has 1 aromatic carbocycles. The zero-order chi connectivity index (χ0) is 14.0. The Bertz CT molecular complexity index is 732. The Labute approximate surface area is 107 Å². The number of primary amides is 1. The maximum Gasteiger partial charge on any atom is 0.328 e.